The molecule has 146 valence electrons. The third-order valence-electron chi connectivity index (χ3n) is 3.87. The lowest BCUT2D eigenvalue weighted by Gasteiger charge is -2.24. The van der Waals surface area contributed by atoms with Gasteiger partial charge in [0, 0.05) is 5.56 Å². The van der Waals surface area contributed by atoms with Gasteiger partial charge >= 0.3 is 0 Å². The average molecular weight is 431 g/mol. The van der Waals surface area contributed by atoms with Gasteiger partial charge in [-0.15, -0.1) is 0 Å². The van der Waals surface area contributed by atoms with Crippen LogP contribution >= 0.6 is 23.2 Å². The fourth-order valence-corrected chi connectivity index (χ4v) is 3.89. The van der Waals surface area contributed by atoms with Gasteiger partial charge in [0.1, 0.15) is 12.3 Å². The molecule has 1 unspecified atom stereocenters. The number of rotatable bonds is 7. The zero-order valence-electron chi connectivity index (χ0n) is 15.1. The third-order valence-corrected chi connectivity index (χ3v) is 5.81. The highest BCUT2D eigenvalue weighted by Crippen LogP contribution is 2.33. The molecule has 0 saturated carbocycles. The number of halogens is 2. The first kappa shape index (κ1) is 21.3. The molecule has 6 nitrogen and oxygen atoms in total. The number of para-hydroxylation sites is 1. The molecule has 0 aliphatic heterocycles. The van der Waals surface area contributed by atoms with Crippen LogP contribution in [0.3, 0.4) is 0 Å². The van der Waals surface area contributed by atoms with Crippen LogP contribution in [0.4, 0.5) is 5.69 Å². The van der Waals surface area contributed by atoms with E-state index in [1.165, 1.54) is 12.1 Å². The Morgan fingerprint density at radius 2 is 1.85 bits per heavy atom. The Labute approximate surface area is 169 Å². The SMILES string of the molecule is COc1ccccc1C(C)NC(=O)CN(c1cccc(Cl)c1Cl)S(C)(=O)=O. The largest absolute Gasteiger partial charge is 0.496 e. The van der Waals surface area contributed by atoms with Gasteiger partial charge in [-0.2, -0.15) is 0 Å². The van der Waals surface area contributed by atoms with E-state index in [0.29, 0.717) is 5.75 Å². The molecule has 0 radical (unpaired) electrons. The molecule has 1 N–H and O–H groups in total. The van der Waals surface area contributed by atoms with Gasteiger partial charge in [0.05, 0.1) is 35.1 Å². The lowest BCUT2D eigenvalue weighted by atomic mass is 10.1. The second-order valence-corrected chi connectivity index (χ2v) is 8.57. The smallest absolute Gasteiger partial charge is 0.241 e. The fraction of sp³-hybridized carbons (Fsp3) is 0.278. The highest BCUT2D eigenvalue weighted by atomic mass is 35.5. The number of nitrogens with one attached hydrogen (secondary N) is 1. The Morgan fingerprint density at radius 1 is 1.19 bits per heavy atom. The average Bonchev–Trinajstić information content (AvgIpc) is 2.61. The molecule has 0 aliphatic rings. The van der Waals surface area contributed by atoms with Gasteiger partial charge in [-0.25, -0.2) is 8.42 Å². The molecule has 27 heavy (non-hydrogen) atoms. The quantitative estimate of drug-likeness (QED) is 0.726. The van der Waals surface area contributed by atoms with Gasteiger partial charge < -0.3 is 10.1 Å². The predicted octanol–water partition coefficient (Wildman–Crippen LogP) is 3.65. The van der Waals surface area contributed by atoms with Gasteiger partial charge in [-0.3, -0.25) is 9.10 Å². The van der Waals surface area contributed by atoms with Crippen molar-refractivity contribution in [1.82, 2.24) is 5.32 Å². The predicted molar refractivity (Wildman–Crippen MR) is 108 cm³/mol. The first-order chi connectivity index (χ1) is 12.6. The van der Waals surface area contributed by atoms with E-state index in [4.69, 9.17) is 27.9 Å². The summed E-state index contributed by atoms with van der Waals surface area (Å²) in [4.78, 5) is 12.5. The Hall–Kier alpha value is -1.96. The molecular formula is C18H20Cl2N2O4S. The summed E-state index contributed by atoms with van der Waals surface area (Å²) in [7, 11) is -2.22. The number of benzene rings is 2. The number of amides is 1. The van der Waals surface area contributed by atoms with E-state index < -0.39 is 22.5 Å². The van der Waals surface area contributed by atoms with Crippen LogP contribution in [0.5, 0.6) is 5.75 Å². The maximum absolute atomic E-state index is 12.5. The molecule has 1 atom stereocenters. The van der Waals surface area contributed by atoms with Crippen LogP contribution in [-0.4, -0.2) is 34.2 Å². The Balaban J connectivity index is 2.23. The van der Waals surface area contributed by atoms with Crippen molar-refractivity contribution in [3.05, 3.63) is 58.1 Å². The van der Waals surface area contributed by atoms with Gasteiger partial charge in [-0.05, 0) is 25.1 Å². The molecule has 0 fully saturated rings. The summed E-state index contributed by atoms with van der Waals surface area (Å²) >= 11 is 12.1. The zero-order valence-corrected chi connectivity index (χ0v) is 17.4. The number of sulfonamides is 1. The third kappa shape index (κ3) is 5.28. The Kier molecular flexibility index (Phi) is 6.97. The number of ether oxygens (including phenoxy) is 1. The van der Waals surface area contributed by atoms with Gasteiger partial charge in [-0.1, -0.05) is 47.5 Å². The molecule has 0 spiro atoms. The molecule has 2 rings (SSSR count). The van der Waals surface area contributed by atoms with Gasteiger partial charge in [0.15, 0.2) is 0 Å². The molecule has 9 heteroatoms. The van der Waals surface area contributed by atoms with E-state index in [2.05, 4.69) is 5.32 Å². The highest BCUT2D eigenvalue weighted by molar-refractivity contribution is 7.92. The van der Waals surface area contributed by atoms with Crippen LogP contribution in [0.25, 0.3) is 0 Å². The molecule has 0 bridgehead atoms. The maximum atomic E-state index is 12.5. The van der Waals surface area contributed by atoms with Gasteiger partial charge in [0.2, 0.25) is 15.9 Å². The number of hydrogen-bond donors (Lipinski definition) is 1. The first-order valence-corrected chi connectivity index (χ1v) is 10.6. The Bertz CT molecular complexity index is 935. The van der Waals surface area contributed by atoms with Crippen molar-refractivity contribution in [2.24, 2.45) is 0 Å². The van der Waals surface area contributed by atoms with Crippen molar-refractivity contribution in [3.8, 4) is 5.75 Å². The first-order valence-electron chi connectivity index (χ1n) is 7.99. The number of hydrogen-bond acceptors (Lipinski definition) is 4. The summed E-state index contributed by atoms with van der Waals surface area (Å²) in [6, 6.07) is 11.5. The maximum Gasteiger partial charge on any atom is 0.241 e. The molecule has 0 heterocycles. The number of nitrogens with zero attached hydrogens (tertiary/aromatic N) is 1. The van der Waals surface area contributed by atoms with Crippen LogP contribution in [0, 0.1) is 0 Å². The highest BCUT2D eigenvalue weighted by Gasteiger charge is 2.25. The van der Waals surface area contributed by atoms with Crippen molar-refractivity contribution < 1.29 is 17.9 Å². The van der Waals surface area contributed by atoms with E-state index in [0.717, 1.165) is 16.1 Å². The van der Waals surface area contributed by atoms with Crippen LogP contribution in [-0.2, 0) is 14.8 Å². The summed E-state index contributed by atoms with van der Waals surface area (Å²) in [5, 5.41) is 3.04. The topological polar surface area (TPSA) is 75.7 Å². The second kappa shape index (κ2) is 8.82. The molecular weight excluding hydrogens is 411 g/mol. The number of carbonyl (C=O) groups excluding carboxylic acids is 1. The van der Waals surface area contributed by atoms with E-state index >= 15 is 0 Å². The van der Waals surface area contributed by atoms with Crippen molar-refractivity contribution in [2.45, 2.75) is 13.0 Å². The van der Waals surface area contributed by atoms with E-state index in [9.17, 15) is 13.2 Å². The number of carbonyl (C=O) groups is 1. The van der Waals surface area contributed by atoms with Crippen LogP contribution in [0.2, 0.25) is 10.0 Å². The molecule has 0 aliphatic carbocycles. The van der Waals surface area contributed by atoms with Crippen molar-refractivity contribution >= 4 is 44.8 Å². The van der Waals surface area contributed by atoms with E-state index in [1.54, 1.807) is 26.2 Å². The summed E-state index contributed by atoms with van der Waals surface area (Å²) in [6.07, 6.45) is 1.00. The standard InChI is InChI=1S/C18H20Cl2N2O4S/c1-12(13-7-4-5-10-16(13)26-2)21-17(23)11-22(27(3,24)25)15-9-6-8-14(19)18(15)20/h4-10,12H,11H2,1-3H3,(H,21,23). The second-order valence-electron chi connectivity index (χ2n) is 5.87. The molecule has 0 aromatic heterocycles. The minimum absolute atomic E-state index is 0.0650. The molecule has 2 aromatic carbocycles. The number of anilines is 1. The summed E-state index contributed by atoms with van der Waals surface area (Å²) in [5.74, 6) is 0.137. The van der Waals surface area contributed by atoms with Crippen molar-refractivity contribution in [1.29, 1.82) is 0 Å². The lowest BCUT2D eigenvalue weighted by Crippen LogP contribution is -2.41. The number of methoxy groups -OCH3 is 1. The van der Waals surface area contributed by atoms with E-state index in [-0.39, 0.29) is 21.8 Å². The lowest BCUT2D eigenvalue weighted by molar-refractivity contribution is -0.120. The zero-order chi connectivity index (χ0) is 20.2. The van der Waals surface area contributed by atoms with Crippen LogP contribution in [0.1, 0.15) is 18.5 Å². The van der Waals surface area contributed by atoms with Crippen molar-refractivity contribution in [2.75, 3.05) is 24.2 Å². The molecule has 2 aromatic rings. The van der Waals surface area contributed by atoms with Gasteiger partial charge in [0.25, 0.3) is 0 Å². The normalized spacial score (nSPS) is 12.3. The monoisotopic (exact) mass is 430 g/mol. The summed E-state index contributed by atoms with van der Waals surface area (Å²) < 4.78 is 30.6. The Morgan fingerprint density at radius 3 is 2.48 bits per heavy atom. The minimum Gasteiger partial charge on any atom is -0.496 e. The summed E-state index contributed by atoms with van der Waals surface area (Å²) in [6.45, 7) is 1.35. The van der Waals surface area contributed by atoms with Crippen LogP contribution < -0.4 is 14.4 Å². The van der Waals surface area contributed by atoms with E-state index in [1.807, 2.05) is 18.2 Å². The molecule has 0 saturated heterocycles. The minimum atomic E-state index is -3.76. The van der Waals surface area contributed by atoms with Crippen molar-refractivity contribution in [3.63, 3.8) is 0 Å². The van der Waals surface area contributed by atoms with Crippen LogP contribution in [0.15, 0.2) is 42.5 Å². The summed E-state index contributed by atoms with van der Waals surface area (Å²) in [5.41, 5.74) is 0.923. The molecule has 1 amide bonds. The fourth-order valence-electron chi connectivity index (χ4n) is 2.59.